The average Bonchev–Trinajstić information content (AvgIpc) is 2.81. The Morgan fingerprint density at radius 1 is 0.905 bits per heavy atom. The monoisotopic (exact) mass is 289 g/mol. The largest absolute Gasteiger partial charge is 0.508 e. The molecule has 0 bridgehead atoms. The van der Waals surface area contributed by atoms with Gasteiger partial charge in [-0.2, -0.15) is 0 Å². The molecule has 1 N–H and O–H groups in total. The van der Waals surface area contributed by atoms with Crippen LogP contribution in [-0.2, 0) is 17.4 Å². The number of hydrogen-bond donors (Lipinski definition) is 1. The second-order valence-corrected chi connectivity index (χ2v) is 8.50. The van der Waals surface area contributed by atoms with Crippen molar-refractivity contribution in [2.75, 3.05) is 13.1 Å². The Morgan fingerprint density at radius 2 is 1.33 bits per heavy atom. The molecule has 1 aliphatic rings. The van der Waals surface area contributed by atoms with E-state index in [1.807, 2.05) is 12.1 Å². The molecule has 1 saturated heterocycles. The van der Waals surface area contributed by atoms with Crippen LogP contribution in [0.4, 0.5) is 0 Å². The van der Waals surface area contributed by atoms with Crippen LogP contribution in [0.25, 0.3) is 0 Å². The first kappa shape index (κ1) is 16.4. The van der Waals surface area contributed by atoms with E-state index in [1.54, 1.807) is 0 Å². The van der Waals surface area contributed by atoms with Crippen molar-refractivity contribution in [3.8, 4) is 5.75 Å². The quantitative estimate of drug-likeness (QED) is 0.861. The maximum Gasteiger partial charge on any atom is 0.116 e. The minimum atomic E-state index is 0.0494. The second kappa shape index (κ2) is 5.64. The van der Waals surface area contributed by atoms with Crippen molar-refractivity contribution in [1.82, 2.24) is 4.90 Å². The normalized spacial score (nSPS) is 17.4. The van der Waals surface area contributed by atoms with Crippen molar-refractivity contribution < 1.29 is 5.11 Å². The van der Waals surface area contributed by atoms with Crippen LogP contribution in [-0.4, -0.2) is 23.1 Å². The molecular weight excluding hydrogens is 258 g/mol. The topological polar surface area (TPSA) is 23.5 Å². The molecule has 21 heavy (non-hydrogen) atoms. The summed E-state index contributed by atoms with van der Waals surface area (Å²) in [5.74, 6) is 0.398. The third kappa shape index (κ3) is 3.79. The van der Waals surface area contributed by atoms with Gasteiger partial charge in [-0.3, -0.25) is 4.90 Å². The van der Waals surface area contributed by atoms with E-state index in [2.05, 4.69) is 46.4 Å². The summed E-state index contributed by atoms with van der Waals surface area (Å²) >= 11 is 0. The van der Waals surface area contributed by atoms with Gasteiger partial charge in [0.1, 0.15) is 5.75 Å². The lowest BCUT2D eigenvalue weighted by Gasteiger charge is -2.32. The molecule has 0 spiro atoms. The fourth-order valence-electron chi connectivity index (χ4n) is 3.33. The fraction of sp³-hybridized carbons (Fsp3) is 0.684. The Balaban J connectivity index is 2.55. The van der Waals surface area contributed by atoms with Crippen molar-refractivity contribution in [3.05, 3.63) is 28.8 Å². The number of hydrogen-bond acceptors (Lipinski definition) is 2. The number of aromatic hydroxyl groups is 1. The van der Waals surface area contributed by atoms with Gasteiger partial charge in [-0.1, -0.05) is 41.5 Å². The molecule has 2 heteroatoms. The Bertz CT molecular complexity index is 464. The van der Waals surface area contributed by atoms with E-state index in [4.69, 9.17) is 0 Å². The van der Waals surface area contributed by atoms with E-state index >= 15 is 0 Å². The lowest BCUT2D eigenvalue weighted by Crippen LogP contribution is -2.26. The van der Waals surface area contributed by atoms with E-state index in [0.717, 1.165) is 6.54 Å². The van der Waals surface area contributed by atoms with Crippen LogP contribution in [0.5, 0.6) is 5.75 Å². The first-order valence-corrected chi connectivity index (χ1v) is 8.18. The minimum absolute atomic E-state index is 0.0494. The summed E-state index contributed by atoms with van der Waals surface area (Å²) in [7, 11) is 0. The number of phenolic OH excluding ortho intramolecular Hbond substituents is 1. The molecule has 1 aromatic rings. The van der Waals surface area contributed by atoms with Gasteiger partial charge in [0.25, 0.3) is 0 Å². The van der Waals surface area contributed by atoms with Gasteiger partial charge in [0.05, 0.1) is 0 Å². The zero-order valence-electron chi connectivity index (χ0n) is 14.6. The third-order valence-corrected chi connectivity index (χ3v) is 4.43. The molecule has 2 nitrogen and oxygen atoms in total. The van der Waals surface area contributed by atoms with Crippen LogP contribution >= 0.6 is 0 Å². The predicted octanol–water partition coefficient (Wildman–Crippen LogP) is 4.58. The number of likely N-dealkylation sites (tertiary alicyclic amines) is 1. The Kier molecular flexibility index (Phi) is 4.39. The van der Waals surface area contributed by atoms with Gasteiger partial charge < -0.3 is 5.11 Å². The second-order valence-electron chi connectivity index (χ2n) is 8.50. The van der Waals surface area contributed by atoms with E-state index in [0.29, 0.717) is 5.75 Å². The van der Waals surface area contributed by atoms with E-state index in [1.165, 1.54) is 42.6 Å². The minimum Gasteiger partial charge on any atom is -0.508 e. The highest BCUT2D eigenvalue weighted by Gasteiger charge is 2.28. The summed E-state index contributed by atoms with van der Waals surface area (Å²) < 4.78 is 0. The average molecular weight is 289 g/mol. The molecule has 0 saturated carbocycles. The van der Waals surface area contributed by atoms with Crippen molar-refractivity contribution in [2.45, 2.75) is 71.8 Å². The maximum absolute atomic E-state index is 10.2. The predicted molar refractivity (Wildman–Crippen MR) is 90.0 cm³/mol. The maximum atomic E-state index is 10.2. The van der Waals surface area contributed by atoms with Crippen molar-refractivity contribution >= 4 is 0 Å². The number of benzene rings is 1. The Labute approximate surface area is 130 Å². The Hall–Kier alpha value is -1.02. The first-order chi connectivity index (χ1) is 9.59. The molecule has 0 atom stereocenters. The van der Waals surface area contributed by atoms with E-state index in [9.17, 15) is 5.11 Å². The zero-order chi connectivity index (χ0) is 15.8. The van der Waals surface area contributed by atoms with Crippen molar-refractivity contribution in [1.29, 1.82) is 0 Å². The summed E-state index contributed by atoms with van der Waals surface area (Å²) in [6.45, 7) is 16.8. The molecule has 1 heterocycles. The van der Waals surface area contributed by atoms with Gasteiger partial charge in [-0.15, -0.1) is 0 Å². The first-order valence-electron chi connectivity index (χ1n) is 8.18. The molecule has 118 valence electrons. The van der Waals surface area contributed by atoms with Crippen LogP contribution in [0.15, 0.2) is 12.1 Å². The van der Waals surface area contributed by atoms with Gasteiger partial charge in [0, 0.05) is 6.54 Å². The molecule has 1 aromatic carbocycles. The van der Waals surface area contributed by atoms with Gasteiger partial charge in [-0.05, 0) is 65.6 Å². The molecule has 0 aromatic heterocycles. The molecule has 0 aliphatic carbocycles. The van der Waals surface area contributed by atoms with Gasteiger partial charge in [0.15, 0.2) is 0 Å². The molecule has 0 unspecified atom stereocenters. The van der Waals surface area contributed by atoms with Gasteiger partial charge in [-0.25, -0.2) is 0 Å². The SMILES string of the molecule is CC(C)(C)c1cc(O)cc(C(C)(C)C)c1CN1CCCC1. The standard InChI is InChI=1S/C19H31NO/c1-18(2,3)16-11-14(21)12-17(19(4,5)6)15(16)13-20-9-7-8-10-20/h11-12,21H,7-10,13H2,1-6H3. The third-order valence-electron chi connectivity index (χ3n) is 4.43. The van der Waals surface area contributed by atoms with Crippen molar-refractivity contribution in [2.24, 2.45) is 0 Å². The molecule has 1 aliphatic heterocycles. The highest BCUT2D eigenvalue weighted by Crippen LogP contribution is 2.38. The molecule has 0 amide bonds. The van der Waals surface area contributed by atoms with Crippen LogP contribution in [0.2, 0.25) is 0 Å². The van der Waals surface area contributed by atoms with Crippen LogP contribution in [0, 0.1) is 0 Å². The molecule has 0 radical (unpaired) electrons. The summed E-state index contributed by atoms with van der Waals surface area (Å²) in [5.41, 5.74) is 4.11. The van der Waals surface area contributed by atoms with Gasteiger partial charge in [0.2, 0.25) is 0 Å². The summed E-state index contributed by atoms with van der Waals surface area (Å²) in [6, 6.07) is 3.95. The smallest absolute Gasteiger partial charge is 0.116 e. The van der Waals surface area contributed by atoms with Crippen LogP contribution in [0.1, 0.15) is 71.1 Å². The summed E-state index contributed by atoms with van der Waals surface area (Å²) in [4.78, 5) is 2.55. The fourth-order valence-corrected chi connectivity index (χ4v) is 3.33. The van der Waals surface area contributed by atoms with Crippen LogP contribution < -0.4 is 0 Å². The zero-order valence-corrected chi connectivity index (χ0v) is 14.6. The molecule has 1 fully saturated rings. The number of nitrogens with zero attached hydrogens (tertiary/aromatic N) is 1. The van der Waals surface area contributed by atoms with Crippen LogP contribution in [0.3, 0.4) is 0 Å². The lowest BCUT2D eigenvalue weighted by molar-refractivity contribution is 0.324. The summed E-state index contributed by atoms with van der Waals surface area (Å²) in [6.07, 6.45) is 2.63. The highest BCUT2D eigenvalue weighted by molar-refractivity contribution is 5.47. The number of rotatable bonds is 2. The van der Waals surface area contributed by atoms with E-state index in [-0.39, 0.29) is 10.8 Å². The Morgan fingerprint density at radius 3 is 1.71 bits per heavy atom. The summed E-state index contributed by atoms with van der Waals surface area (Å²) in [5, 5.41) is 10.2. The van der Waals surface area contributed by atoms with Gasteiger partial charge >= 0.3 is 0 Å². The van der Waals surface area contributed by atoms with Crippen molar-refractivity contribution in [3.63, 3.8) is 0 Å². The van der Waals surface area contributed by atoms with E-state index < -0.39 is 0 Å². The molecular formula is C19H31NO. The lowest BCUT2D eigenvalue weighted by atomic mass is 9.76. The highest BCUT2D eigenvalue weighted by atomic mass is 16.3. The molecule has 2 rings (SSSR count). The number of phenols is 1.